The maximum Gasteiger partial charge on any atom is 0.251 e. The van der Waals surface area contributed by atoms with Crippen LogP contribution in [0, 0.1) is 6.92 Å². The summed E-state index contributed by atoms with van der Waals surface area (Å²) in [5.74, 6) is 0.954. The molecule has 4 aromatic rings. The molecule has 4 N–H and O–H groups in total. The summed E-state index contributed by atoms with van der Waals surface area (Å²) in [5, 5.41) is 18.1. The normalized spacial score (nSPS) is 16.1. The number of phenolic OH excluding ortho intramolecular Hbond substituents is 1. The molecule has 0 bridgehead atoms. The highest BCUT2D eigenvalue weighted by molar-refractivity contribution is 6.06. The highest BCUT2D eigenvalue weighted by Crippen LogP contribution is 2.32. The van der Waals surface area contributed by atoms with Gasteiger partial charge in [0.05, 0.1) is 42.3 Å². The van der Waals surface area contributed by atoms with Gasteiger partial charge in [0.1, 0.15) is 11.6 Å². The maximum atomic E-state index is 13.2. The number of halogens is 2. The molecule has 5 rings (SSSR count). The van der Waals surface area contributed by atoms with E-state index in [0.29, 0.717) is 42.3 Å². The molecule has 0 radical (unpaired) electrons. The number of benzene rings is 1. The zero-order valence-corrected chi connectivity index (χ0v) is 23.4. The number of hydrogen-bond acceptors (Lipinski definition) is 7. The van der Waals surface area contributed by atoms with Crippen LogP contribution in [0.4, 0.5) is 20.2 Å². The second kappa shape index (κ2) is 12.1. The summed E-state index contributed by atoms with van der Waals surface area (Å²) >= 11 is 0. The van der Waals surface area contributed by atoms with Gasteiger partial charge in [0.15, 0.2) is 0 Å². The van der Waals surface area contributed by atoms with Crippen LogP contribution in [0.1, 0.15) is 36.5 Å². The number of ether oxygens (including phenoxy) is 1. The van der Waals surface area contributed by atoms with Crippen molar-refractivity contribution in [1.29, 1.82) is 0 Å². The van der Waals surface area contributed by atoms with E-state index in [0.717, 1.165) is 40.6 Å². The number of phenols is 1. The first-order valence-electron chi connectivity index (χ1n) is 13.7. The fourth-order valence-electron chi connectivity index (χ4n) is 5.45. The number of aromatic hydroxyl groups is 1. The van der Waals surface area contributed by atoms with Crippen LogP contribution in [0.25, 0.3) is 16.6 Å². The van der Waals surface area contributed by atoms with Crippen molar-refractivity contribution in [3.05, 3.63) is 65.6 Å². The molecule has 1 fully saturated rings. The number of nitrogens with one attached hydrogen (secondary N) is 1. The Morgan fingerprint density at radius 1 is 1.27 bits per heavy atom. The first kappa shape index (κ1) is 28.3. The molecule has 9 nitrogen and oxygen atoms in total. The number of nitrogens with zero attached hydrogens (tertiary/aromatic N) is 5. The lowest BCUT2D eigenvalue weighted by atomic mass is 10.1. The SMILES string of the molecule is CCc1cc(O)ccc1/N=C(\N)c1cnn2cc(-c3cnc(OC)cc3C)cc2c1NC[C@H]1CCCN1CC(F)F. The molecular weight excluding hydrogens is 528 g/mol. The number of nitrogens with two attached hydrogens (primary N) is 1. The van der Waals surface area contributed by atoms with Gasteiger partial charge in [-0.3, -0.25) is 4.90 Å². The molecule has 11 heteroatoms. The number of hydrogen-bond donors (Lipinski definition) is 3. The van der Waals surface area contributed by atoms with Gasteiger partial charge in [-0.05, 0) is 68.1 Å². The van der Waals surface area contributed by atoms with Crippen LogP contribution in [-0.2, 0) is 6.42 Å². The van der Waals surface area contributed by atoms with Crippen molar-refractivity contribution in [3.8, 4) is 22.8 Å². The van der Waals surface area contributed by atoms with Gasteiger partial charge in [0, 0.05) is 42.2 Å². The number of anilines is 1. The molecule has 1 aliphatic rings. The number of pyridine rings is 1. The lowest BCUT2D eigenvalue weighted by Crippen LogP contribution is -2.38. The van der Waals surface area contributed by atoms with E-state index in [1.165, 1.54) is 0 Å². The Bertz CT molecular complexity index is 1570. The number of alkyl halides is 2. The summed E-state index contributed by atoms with van der Waals surface area (Å²) in [7, 11) is 1.58. The van der Waals surface area contributed by atoms with Gasteiger partial charge in [-0.2, -0.15) is 5.10 Å². The van der Waals surface area contributed by atoms with Gasteiger partial charge in [0.25, 0.3) is 6.43 Å². The average molecular weight is 564 g/mol. The van der Waals surface area contributed by atoms with Crippen LogP contribution >= 0.6 is 0 Å². The van der Waals surface area contributed by atoms with E-state index in [-0.39, 0.29) is 24.2 Å². The lowest BCUT2D eigenvalue weighted by molar-refractivity contribution is 0.0845. The molecule has 1 aromatic carbocycles. The highest BCUT2D eigenvalue weighted by atomic mass is 19.3. The molecule has 1 atom stereocenters. The number of aliphatic imine (C=N–C) groups is 1. The molecule has 0 aliphatic carbocycles. The molecule has 4 heterocycles. The van der Waals surface area contributed by atoms with E-state index < -0.39 is 6.43 Å². The van der Waals surface area contributed by atoms with Crippen molar-refractivity contribution in [2.45, 2.75) is 45.6 Å². The van der Waals surface area contributed by atoms with Crippen LogP contribution in [-0.4, -0.2) is 69.7 Å². The van der Waals surface area contributed by atoms with Gasteiger partial charge >= 0.3 is 0 Å². The molecule has 1 saturated heterocycles. The van der Waals surface area contributed by atoms with Crippen molar-refractivity contribution < 1.29 is 18.6 Å². The van der Waals surface area contributed by atoms with E-state index >= 15 is 0 Å². The minimum atomic E-state index is -2.38. The Hall–Kier alpha value is -4.25. The van der Waals surface area contributed by atoms with Crippen molar-refractivity contribution in [2.75, 3.05) is 32.1 Å². The molecule has 3 aromatic heterocycles. The zero-order chi connectivity index (χ0) is 29.1. The summed E-state index contributed by atoms with van der Waals surface area (Å²) in [6, 6.07) is 8.83. The molecule has 216 valence electrons. The summed E-state index contributed by atoms with van der Waals surface area (Å²) in [5.41, 5.74) is 13.0. The summed E-state index contributed by atoms with van der Waals surface area (Å²) in [6.45, 7) is 4.85. The van der Waals surface area contributed by atoms with Crippen LogP contribution in [0.5, 0.6) is 11.6 Å². The van der Waals surface area contributed by atoms with E-state index in [1.54, 1.807) is 42.2 Å². The molecule has 0 saturated carbocycles. The van der Waals surface area contributed by atoms with Gasteiger partial charge in [-0.25, -0.2) is 23.3 Å². The largest absolute Gasteiger partial charge is 0.508 e. The number of rotatable bonds is 10. The highest BCUT2D eigenvalue weighted by Gasteiger charge is 2.27. The number of methoxy groups -OCH3 is 1. The summed E-state index contributed by atoms with van der Waals surface area (Å²) < 4.78 is 33.4. The maximum absolute atomic E-state index is 13.2. The number of likely N-dealkylation sites (tertiary alicyclic amines) is 1. The third-order valence-corrected chi connectivity index (χ3v) is 7.59. The molecule has 41 heavy (non-hydrogen) atoms. The molecular formula is C30H35F2N7O2. The Kier molecular flexibility index (Phi) is 8.34. The van der Waals surface area contributed by atoms with Crippen LogP contribution < -0.4 is 15.8 Å². The van der Waals surface area contributed by atoms with Crippen LogP contribution in [0.15, 0.2) is 53.9 Å². The number of aromatic nitrogens is 3. The summed E-state index contributed by atoms with van der Waals surface area (Å²) in [6.07, 6.45) is 5.34. The monoisotopic (exact) mass is 563 g/mol. The third kappa shape index (κ3) is 6.09. The average Bonchev–Trinajstić information content (AvgIpc) is 3.58. The molecule has 1 aliphatic heterocycles. The Labute approximate surface area is 237 Å². The first-order valence-corrected chi connectivity index (χ1v) is 13.7. The van der Waals surface area contributed by atoms with Crippen molar-refractivity contribution >= 4 is 22.7 Å². The van der Waals surface area contributed by atoms with Crippen molar-refractivity contribution in [1.82, 2.24) is 19.5 Å². The second-order valence-corrected chi connectivity index (χ2v) is 10.3. The first-order chi connectivity index (χ1) is 19.8. The van der Waals surface area contributed by atoms with Crippen molar-refractivity contribution in [3.63, 3.8) is 0 Å². The number of aryl methyl sites for hydroxylation is 2. The number of amidine groups is 1. The Balaban J connectivity index is 1.57. The summed E-state index contributed by atoms with van der Waals surface area (Å²) in [4.78, 5) is 10.9. The number of fused-ring (bicyclic) bond motifs is 1. The third-order valence-electron chi connectivity index (χ3n) is 7.59. The Morgan fingerprint density at radius 3 is 2.83 bits per heavy atom. The quantitative estimate of drug-likeness (QED) is 0.180. The zero-order valence-electron chi connectivity index (χ0n) is 23.4. The predicted molar refractivity (Wildman–Crippen MR) is 157 cm³/mol. The molecule has 0 spiro atoms. The van der Waals surface area contributed by atoms with Crippen molar-refractivity contribution in [2.24, 2.45) is 10.7 Å². The van der Waals surface area contributed by atoms with Crippen LogP contribution in [0.2, 0.25) is 0 Å². The molecule has 0 unspecified atom stereocenters. The van der Waals surface area contributed by atoms with E-state index in [4.69, 9.17) is 15.5 Å². The minimum Gasteiger partial charge on any atom is -0.508 e. The fraction of sp³-hybridized carbons (Fsp3) is 0.367. The van der Waals surface area contributed by atoms with E-state index in [1.807, 2.05) is 37.1 Å². The van der Waals surface area contributed by atoms with E-state index in [9.17, 15) is 13.9 Å². The van der Waals surface area contributed by atoms with Crippen LogP contribution in [0.3, 0.4) is 0 Å². The smallest absolute Gasteiger partial charge is 0.251 e. The minimum absolute atomic E-state index is 0.0329. The second-order valence-electron chi connectivity index (χ2n) is 10.3. The Morgan fingerprint density at radius 2 is 2.10 bits per heavy atom. The van der Waals surface area contributed by atoms with Gasteiger partial charge in [-0.15, -0.1) is 0 Å². The topological polar surface area (TPSA) is 113 Å². The standard InChI is InChI=1S/C30H35F2N7O2/c1-4-19-11-22(40)7-8-25(19)37-30(33)24-15-36-39-16-20(23-14-34-28(41-3)10-18(23)2)12-26(39)29(24)35-13-21-6-5-9-38(21)17-27(31)32/h7-8,10-12,14-16,21,27,35,40H,4-6,9,13,17H2,1-3H3,(H2,33,37)/t21-/m1/s1. The predicted octanol–water partition coefficient (Wildman–Crippen LogP) is 5.16. The fourth-order valence-corrected chi connectivity index (χ4v) is 5.45. The van der Waals surface area contributed by atoms with Gasteiger partial charge < -0.3 is 20.9 Å². The lowest BCUT2D eigenvalue weighted by Gasteiger charge is -2.25. The van der Waals surface area contributed by atoms with E-state index in [2.05, 4.69) is 15.4 Å². The van der Waals surface area contributed by atoms with Gasteiger partial charge in [0.2, 0.25) is 5.88 Å². The van der Waals surface area contributed by atoms with Gasteiger partial charge in [-0.1, -0.05) is 6.92 Å². The molecule has 0 amide bonds.